The topological polar surface area (TPSA) is 104 Å². The van der Waals surface area contributed by atoms with Gasteiger partial charge in [-0.2, -0.15) is 0 Å². The highest BCUT2D eigenvalue weighted by Crippen LogP contribution is 2.20. The smallest absolute Gasteiger partial charge is 0.309 e. The van der Waals surface area contributed by atoms with E-state index in [2.05, 4.69) is 20.2 Å². The number of hydrogen-bond donors (Lipinski definition) is 2. The summed E-state index contributed by atoms with van der Waals surface area (Å²) >= 11 is 1.12. The Morgan fingerprint density at radius 1 is 1.10 bits per heavy atom. The van der Waals surface area contributed by atoms with Crippen LogP contribution in [0.2, 0.25) is 0 Å². The fourth-order valence-corrected chi connectivity index (χ4v) is 3.90. The lowest BCUT2D eigenvalue weighted by atomic mass is 9.96. The number of piperidine rings is 1. The third-order valence-corrected chi connectivity index (χ3v) is 5.86. The molecule has 154 valence electrons. The summed E-state index contributed by atoms with van der Waals surface area (Å²) in [5.74, 6) is -0.997. The molecule has 0 aliphatic carbocycles. The van der Waals surface area contributed by atoms with Gasteiger partial charge < -0.3 is 15.5 Å². The average Bonchev–Trinajstić information content (AvgIpc) is 3.18. The summed E-state index contributed by atoms with van der Waals surface area (Å²) in [7, 11) is 0. The molecule has 1 aromatic heterocycles. The summed E-state index contributed by atoms with van der Waals surface area (Å²) in [5, 5.41) is 9.24. The van der Waals surface area contributed by atoms with Crippen LogP contribution in [-0.4, -0.2) is 58.4 Å². The molecule has 0 bridgehead atoms. The standard InChI is InChI=1S/C20H25N5O3S/c1-14-17(29-24-23-14)20(28)25-11-8-16(9-12-25)13-22-19(27)18(26)21-10-7-15-5-3-2-4-6-15/h2-6,16H,7-13H2,1H3,(H,21,26)(H,22,27). The fourth-order valence-electron chi connectivity index (χ4n) is 3.27. The molecule has 1 aliphatic rings. The molecule has 0 atom stereocenters. The van der Waals surface area contributed by atoms with Gasteiger partial charge in [0.15, 0.2) is 0 Å². The third kappa shape index (κ3) is 5.83. The molecule has 9 heteroatoms. The van der Waals surface area contributed by atoms with Crippen LogP contribution < -0.4 is 10.6 Å². The van der Waals surface area contributed by atoms with Crippen molar-refractivity contribution in [3.63, 3.8) is 0 Å². The molecule has 0 spiro atoms. The minimum absolute atomic E-state index is 0.0298. The number of rotatable bonds is 6. The lowest BCUT2D eigenvalue weighted by Crippen LogP contribution is -2.45. The molecular formula is C20H25N5O3S. The zero-order chi connectivity index (χ0) is 20.6. The summed E-state index contributed by atoms with van der Waals surface area (Å²) in [6.07, 6.45) is 2.25. The van der Waals surface area contributed by atoms with Crippen LogP contribution in [0.15, 0.2) is 30.3 Å². The fraction of sp³-hybridized carbons (Fsp3) is 0.450. The molecule has 29 heavy (non-hydrogen) atoms. The van der Waals surface area contributed by atoms with E-state index in [1.807, 2.05) is 30.3 Å². The Morgan fingerprint density at radius 3 is 2.45 bits per heavy atom. The van der Waals surface area contributed by atoms with Crippen molar-refractivity contribution < 1.29 is 14.4 Å². The second-order valence-corrected chi connectivity index (χ2v) is 7.88. The van der Waals surface area contributed by atoms with Crippen LogP contribution in [0.5, 0.6) is 0 Å². The zero-order valence-electron chi connectivity index (χ0n) is 16.4. The van der Waals surface area contributed by atoms with Gasteiger partial charge in [-0.25, -0.2) is 0 Å². The van der Waals surface area contributed by atoms with Crippen molar-refractivity contribution in [2.75, 3.05) is 26.2 Å². The quantitative estimate of drug-likeness (QED) is 0.690. The Balaban J connectivity index is 1.34. The van der Waals surface area contributed by atoms with E-state index in [1.165, 1.54) is 0 Å². The first-order valence-electron chi connectivity index (χ1n) is 9.72. The van der Waals surface area contributed by atoms with Crippen molar-refractivity contribution in [2.24, 2.45) is 5.92 Å². The minimum Gasteiger partial charge on any atom is -0.348 e. The molecule has 1 saturated heterocycles. The molecule has 3 amide bonds. The van der Waals surface area contributed by atoms with Crippen LogP contribution in [0, 0.1) is 12.8 Å². The molecule has 1 aromatic carbocycles. The summed E-state index contributed by atoms with van der Waals surface area (Å²) < 4.78 is 3.82. The monoisotopic (exact) mass is 415 g/mol. The van der Waals surface area contributed by atoms with Gasteiger partial charge in [-0.1, -0.05) is 34.8 Å². The van der Waals surface area contributed by atoms with Crippen LogP contribution in [0.3, 0.4) is 0 Å². The number of nitrogens with one attached hydrogen (secondary N) is 2. The van der Waals surface area contributed by atoms with E-state index in [1.54, 1.807) is 11.8 Å². The molecule has 1 aliphatic heterocycles. The predicted octanol–water partition coefficient (Wildman–Crippen LogP) is 1.17. The van der Waals surface area contributed by atoms with Gasteiger partial charge in [-0.15, -0.1) is 5.10 Å². The van der Waals surface area contributed by atoms with E-state index in [-0.39, 0.29) is 11.8 Å². The summed E-state index contributed by atoms with van der Waals surface area (Å²) in [4.78, 5) is 38.8. The van der Waals surface area contributed by atoms with Gasteiger partial charge >= 0.3 is 11.8 Å². The number of carbonyl (C=O) groups excluding carboxylic acids is 3. The molecule has 0 radical (unpaired) electrons. The van der Waals surface area contributed by atoms with Gasteiger partial charge in [-0.05, 0) is 49.2 Å². The van der Waals surface area contributed by atoms with Crippen molar-refractivity contribution in [3.8, 4) is 0 Å². The van der Waals surface area contributed by atoms with Gasteiger partial charge in [-0.3, -0.25) is 14.4 Å². The lowest BCUT2D eigenvalue weighted by Gasteiger charge is -2.31. The number of likely N-dealkylation sites (tertiary alicyclic amines) is 1. The first-order valence-corrected chi connectivity index (χ1v) is 10.5. The molecule has 3 rings (SSSR count). The zero-order valence-corrected chi connectivity index (χ0v) is 17.2. The van der Waals surface area contributed by atoms with Crippen LogP contribution in [0.25, 0.3) is 0 Å². The average molecular weight is 416 g/mol. The largest absolute Gasteiger partial charge is 0.348 e. The maximum Gasteiger partial charge on any atom is 0.309 e. The Morgan fingerprint density at radius 2 is 1.79 bits per heavy atom. The number of hydrogen-bond acceptors (Lipinski definition) is 6. The Bertz CT molecular complexity index is 847. The van der Waals surface area contributed by atoms with Gasteiger partial charge in [0.2, 0.25) is 0 Å². The van der Waals surface area contributed by atoms with E-state index >= 15 is 0 Å². The number of benzene rings is 1. The van der Waals surface area contributed by atoms with Crippen LogP contribution in [0.1, 0.15) is 33.8 Å². The van der Waals surface area contributed by atoms with E-state index in [9.17, 15) is 14.4 Å². The van der Waals surface area contributed by atoms with Gasteiger partial charge in [0, 0.05) is 26.2 Å². The number of aryl methyl sites for hydroxylation is 1. The highest BCUT2D eigenvalue weighted by molar-refractivity contribution is 7.07. The summed E-state index contributed by atoms with van der Waals surface area (Å²) in [6.45, 7) is 3.89. The maximum absolute atomic E-state index is 12.5. The second kappa shape index (κ2) is 10.1. The Labute approximate surface area is 173 Å². The van der Waals surface area contributed by atoms with Crippen molar-refractivity contribution in [1.82, 2.24) is 25.1 Å². The normalized spacial score (nSPS) is 14.4. The van der Waals surface area contributed by atoms with E-state index < -0.39 is 11.8 Å². The van der Waals surface area contributed by atoms with Crippen molar-refractivity contribution in [2.45, 2.75) is 26.2 Å². The molecular weight excluding hydrogens is 390 g/mol. The number of nitrogens with zero attached hydrogens (tertiary/aromatic N) is 3. The van der Waals surface area contributed by atoms with Gasteiger partial charge in [0.05, 0.1) is 5.69 Å². The molecule has 1 fully saturated rings. The molecule has 2 heterocycles. The maximum atomic E-state index is 12.5. The minimum atomic E-state index is -0.610. The molecule has 0 unspecified atom stereocenters. The SMILES string of the molecule is Cc1nnsc1C(=O)N1CCC(CNC(=O)C(=O)NCCc2ccccc2)CC1. The molecule has 8 nitrogen and oxygen atoms in total. The molecule has 2 N–H and O–H groups in total. The Kier molecular flexibility index (Phi) is 7.29. The summed E-state index contributed by atoms with van der Waals surface area (Å²) in [6, 6.07) is 9.79. The Hall–Kier alpha value is -2.81. The summed E-state index contributed by atoms with van der Waals surface area (Å²) in [5.41, 5.74) is 1.77. The predicted molar refractivity (Wildman–Crippen MR) is 109 cm³/mol. The number of carbonyl (C=O) groups is 3. The number of amides is 3. The lowest BCUT2D eigenvalue weighted by molar-refractivity contribution is -0.139. The molecule has 2 aromatic rings. The van der Waals surface area contributed by atoms with Crippen molar-refractivity contribution in [3.05, 3.63) is 46.5 Å². The molecule has 0 saturated carbocycles. The van der Waals surface area contributed by atoms with Crippen molar-refractivity contribution >= 4 is 29.3 Å². The first kappa shape index (κ1) is 20.9. The van der Waals surface area contributed by atoms with E-state index in [0.717, 1.165) is 29.9 Å². The van der Waals surface area contributed by atoms with Gasteiger partial charge in [0.25, 0.3) is 5.91 Å². The highest BCUT2D eigenvalue weighted by Gasteiger charge is 2.26. The number of aromatic nitrogens is 2. The van der Waals surface area contributed by atoms with E-state index in [4.69, 9.17) is 0 Å². The van der Waals surface area contributed by atoms with Gasteiger partial charge in [0.1, 0.15) is 4.88 Å². The first-order chi connectivity index (χ1) is 14.0. The van der Waals surface area contributed by atoms with Crippen LogP contribution >= 0.6 is 11.5 Å². The van der Waals surface area contributed by atoms with E-state index in [0.29, 0.717) is 43.2 Å². The highest BCUT2D eigenvalue weighted by atomic mass is 32.1. The van der Waals surface area contributed by atoms with Crippen LogP contribution in [0.4, 0.5) is 0 Å². The third-order valence-electron chi connectivity index (χ3n) is 5.05. The second-order valence-electron chi connectivity index (χ2n) is 7.12. The van der Waals surface area contributed by atoms with Crippen LogP contribution in [-0.2, 0) is 16.0 Å². The van der Waals surface area contributed by atoms with Crippen molar-refractivity contribution in [1.29, 1.82) is 0 Å².